The number of sulfonamides is 1. The van der Waals surface area contributed by atoms with E-state index in [-0.39, 0.29) is 35.1 Å². The van der Waals surface area contributed by atoms with Crippen molar-refractivity contribution < 1.29 is 17.9 Å². The van der Waals surface area contributed by atoms with E-state index in [0.29, 0.717) is 6.54 Å². The molecule has 158 valence electrons. The first-order chi connectivity index (χ1) is 13.5. The Bertz CT molecular complexity index is 935. The lowest BCUT2D eigenvalue weighted by Gasteiger charge is -2.24. The van der Waals surface area contributed by atoms with Crippen molar-refractivity contribution in [3.8, 4) is 5.75 Å². The second-order valence-corrected chi connectivity index (χ2v) is 10.2. The zero-order valence-electron chi connectivity index (χ0n) is 17.7. The monoisotopic (exact) mass is 418 g/mol. The Kier molecular flexibility index (Phi) is 7.43. The minimum absolute atomic E-state index is 0.0551. The lowest BCUT2D eigenvalue weighted by molar-refractivity contribution is -0.121. The maximum Gasteiger partial charge on any atom is 0.247 e. The van der Waals surface area contributed by atoms with E-state index < -0.39 is 10.0 Å². The highest BCUT2D eigenvalue weighted by molar-refractivity contribution is 7.89. The Morgan fingerprint density at radius 3 is 2.34 bits per heavy atom. The van der Waals surface area contributed by atoms with E-state index in [1.54, 1.807) is 18.2 Å². The van der Waals surface area contributed by atoms with E-state index in [9.17, 15) is 13.2 Å². The number of aryl methyl sites for hydroxylation is 1. The molecule has 2 rings (SSSR count). The number of methoxy groups -OCH3 is 1. The summed E-state index contributed by atoms with van der Waals surface area (Å²) in [6, 6.07) is 14.2. The van der Waals surface area contributed by atoms with Gasteiger partial charge in [0, 0.05) is 13.1 Å². The molecule has 0 fully saturated rings. The van der Waals surface area contributed by atoms with Crippen molar-refractivity contribution in [2.45, 2.75) is 39.1 Å². The zero-order chi connectivity index (χ0) is 21.7. The molecule has 0 spiro atoms. The fourth-order valence-electron chi connectivity index (χ4n) is 2.72. The van der Waals surface area contributed by atoms with Crippen molar-refractivity contribution in [1.29, 1.82) is 0 Å². The number of amides is 1. The van der Waals surface area contributed by atoms with E-state index in [0.717, 1.165) is 11.1 Å². The highest BCUT2D eigenvalue weighted by Gasteiger charge is 2.30. The molecule has 0 atom stereocenters. The van der Waals surface area contributed by atoms with E-state index in [1.165, 1.54) is 11.4 Å². The highest BCUT2D eigenvalue weighted by Crippen LogP contribution is 2.28. The summed E-state index contributed by atoms with van der Waals surface area (Å²) in [6.07, 6.45) is 0. The third kappa shape index (κ3) is 6.58. The summed E-state index contributed by atoms with van der Waals surface area (Å²) in [5.41, 5.74) is 1.49. The Morgan fingerprint density at radius 2 is 1.76 bits per heavy atom. The summed E-state index contributed by atoms with van der Waals surface area (Å²) in [5.74, 6) is -0.0881. The van der Waals surface area contributed by atoms with Crippen LogP contribution in [0.15, 0.2) is 53.4 Å². The van der Waals surface area contributed by atoms with Gasteiger partial charge in [-0.05, 0) is 35.6 Å². The van der Waals surface area contributed by atoms with Gasteiger partial charge in [-0.2, -0.15) is 4.31 Å². The van der Waals surface area contributed by atoms with Crippen molar-refractivity contribution in [2.24, 2.45) is 5.41 Å². The van der Waals surface area contributed by atoms with Crippen LogP contribution in [0.4, 0.5) is 0 Å². The Morgan fingerprint density at radius 1 is 1.10 bits per heavy atom. The van der Waals surface area contributed by atoms with Crippen molar-refractivity contribution in [3.63, 3.8) is 0 Å². The van der Waals surface area contributed by atoms with Gasteiger partial charge >= 0.3 is 0 Å². The summed E-state index contributed by atoms with van der Waals surface area (Å²) in [5, 5.41) is 2.83. The van der Waals surface area contributed by atoms with Crippen LogP contribution < -0.4 is 10.1 Å². The molecule has 7 heteroatoms. The van der Waals surface area contributed by atoms with Crippen LogP contribution in [0.25, 0.3) is 0 Å². The molecule has 2 aromatic carbocycles. The third-order valence-electron chi connectivity index (χ3n) is 4.27. The molecule has 2 aromatic rings. The SMILES string of the molecule is COc1ccc(C)cc1S(=O)(=O)N(CC(=O)NCC(C)(C)C)Cc1ccccc1. The number of nitrogens with zero attached hydrogens (tertiary/aromatic N) is 1. The fourth-order valence-corrected chi connectivity index (χ4v) is 4.34. The molecule has 0 heterocycles. The van der Waals surface area contributed by atoms with Gasteiger partial charge in [-0.15, -0.1) is 0 Å². The van der Waals surface area contributed by atoms with E-state index in [1.807, 2.05) is 58.0 Å². The minimum atomic E-state index is -3.97. The first-order valence-electron chi connectivity index (χ1n) is 9.48. The van der Waals surface area contributed by atoms with Gasteiger partial charge in [0.2, 0.25) is 15.9 Å². The molecular weight excluding hydrogens is 388 g/mol. The molecule has 0 unspecified atom stereocenters. The Hall–Kier alpha value is -2.38. The molecule has 6 nitrogen and oxygen atoms in total. The Labute approximate surface area is 173 Å². The Balaban J connectivity index is 2.38. The predicted octanol–water partition coefficient (Wildman–Crippen LogP) is 3.36. The van der Waals surface area contributed by atoms with Crippen molar-refractivity contribution in [2.75, 3.05) is 20.2 Å². The lowest BCUT2D eigenvalue weighted by Crippen LogP contribution is -2.42. The smallest absolute Gasteiger partial charge is 0.247 e. The molecule has 0 aliphatic rings. The first kappa shape index (κ1) is 22.9. The van der Waals surface area contributed by atoms with E-state index >= 15 is 0 Å². The van der Waals surface area contributed by atoms with Crippen LogP contribution in [0.5, 0.6) is 5.75 Å². The van der Waals surface area contributed by atoms with E-state index in [4.69, 9.17) is 4.74 Å². The van der Waals surface area contributed by atoms with Gasteiger partial charge in [-0.3, -0.25) is 4.79 Å². The van der Waals surface area contributed by atoms with Crippen LogP contribution >= 0.6 is 0 Å². The molecule has 0 saturated carbocycles. The van der Waals surface area contributed by atoms with E-state index in [2.05, 4.69) is 5.32 Å². The number of benzene rings is 2. The quantitative estimate of drug-likeness (QED) is 0.713. The molecule has 0 aliphatic heterocycles. The summed E-state index contributed by atoms with van der Waals surface area (Å²) in [6.45, 7) is 8.10. The van der Waals surface area contributed by atoms with Crippen molar-refractivity contribution in [1.82, 2.24) is 9.62 Å². The molecule has 0 bridgehead atoms. The minimum Gasteiger partial charge on any atom is -0.495 e. The zero-order valence-corrected chi connectivity index (χ0v) is 18.5. The lowest BCUT2D eigenvalue weighted by atomic mass is 9.97. The largest absolute Gasteiger partial charge is 0.495 e. The molecule has 0 saturated heterocycles. The first-order valence-corrected chi connectivity index (χ1v) is 10.9. The van der Waals surface area contributed by atoms with Crippen LogP contribution in [0, 0.1) is 12.3 Å². The second-order valence-electron chi connectivity index (χ2n) is 8.25. The normalized spacial score (nSPS) is 12.1. The average Bonchev–Trinajstić information content (AvgIpc) is 2.66. The fraction of sp³-hybridized carbons (Fsp3) is 0.409. The summed E-state index contributed by atoms with van der Waals surface area (Å²) in [4.78, 5) is 12.6. The van der Waals surface area contributed by atoms with Gasteiger partial charge in [-0.25, -0.2) is 8.42 Å². The second kappa shape index (κ2) is 9.41. The predicted molar refractivity (Wildman–Crippen MR) is 114 cm³/mol. The van der Waals surface area contributed by atoms with Crippen molar-refractivity contribution in [3.05, 3.63) is 59.7 Å². The highest BCUT2D eigenvalue weighted by atomic mass is 32.2. The van der Waals surface area contributed by atoms with Gasteiger partial charge in [0.25, 0.3) is 0 Å². The van der Waals surface area contributed by atoms with Crippen LogP contribution in [0.3, 0.4) is 0 Å². The number of hydrogen-bond donors (Lipinski definition) is 1. The number of carbonyl (C=O) groups excluding carboxylic acids is 1. The average molecular weight is 419 g/mol. The van der Waals surface area contributed by atoms with Crippen LogP contribution in [-0.2, 0) is 21.4 Å². The molecular formula is C22H30N2O4S. The summed E-state index contributed by atoms with van der Waals surface area (Å²) < 4.78 is 33.4. The molecule has 1 N–H and O–H groups in total. The number of hydrogen-bond acceptors (Lipinski definition) is 4. The van der Waals surface area contributed by atoms with Gasteiger partial charge in [0.15, 0.2) is 0 Å². The number of carbonyl (C=O) groups is 1. The van der Waals surface area contributed by atoms with Gasteiger partial charge in [0.05, 0.1) is 13.7 Å². The standard InChI is InChI=1S/C22H30N2O4S/c1-17-11-12-19(28-5)20(13-17)29(26,27)24(14-18-9-7-6-8-10-18)15-21(25)23-16-22(2,3)4/h6-13H,14-16H2,1-5H3,(H,23,25). The van der Waals surface area contributed by atoms with Crippen LogP contribution in [-0.4, -0.2) is 38.8 Å². The summed E-state index contributed by atoms with van der Waals surface area (Å²) >= 11 is 0. The molecule has 0 aliphatic carbocycles. The number of nitrogens with one attached hydrogen (secondary N) is 1. The molecule has 29 heavy (non-hydrogen) atoms. The van der Waals surface area contributed by atoms with Crippen LogP contribution in [0.1, 0.15) is 31.9 Å². The maximum absolute atomic E-state index is 13.5. The number of ether oxygens (including phenoxy) is 1. The van der Waals surface area contributed by atoms with Crippen LogP contribution in [0.2, 0.25) is 0 Å². The van der Waals surface area contributed by atoms with Gasteiger partial charge in [0.1, 0.15) is 10.6 Å². The molecule has 0 radical (unpaired) electrons. The summed E-state index contributed by atoms with van der Waals surface area (Å²) in [7, 11) is -2.53. The molecule has 0 aromatic heterocycles. The van der Waals surface area contributed by atoms with Crippen molar-refractivity contribution >= 4 is 15.9 Å². The van der Waals surface area contributed by atoms with Gasteiger partial charge < -0.3 is 10.1 Å². The maximum atomic E-state index is 13.5. The third-order valence-corrected chi connectivity index (χ3v) is 6.09. The van der Waals surface area contributed by atoms with Gasteiger partial charge in [-0.1, -0.05) is 57.2 Å². The number of rotatable bonds is 8. The molecule has 1 amide bonds. The topological polar surface area (TPSA) is 75.7 Å².